The lowest BCUT2D eigenvalue weighted by Gasteiger charge is -2.43. The number of fused-ring (bicyclic) bond motifs is 1. The van der Waals surface area contributed by atoms with Gasteiger partial charge in [-0.25, -0.2) is 4.98 Å². The highest BCUT2D eigenvalue weighted by atomic mass is 32.1. The Morgan fingerprint density at radius 3 is 3.05 bits per heavy atom. The van der Waals surface area contributed by atoms with Crippen molar-refractivity contribution >= 4 is 11.3 Å². The maximum atomic E-state index is 5.01. The van der Waals surface area contributed by atoms with Gasteiger partial charge in [-0.2, -0.15) is 0 Å². The lowest BCUT2D eigenvalue weighted by Crippen LogP contribution is -2.53. The maximum absolute atomic E-state index is 5.01. The SMILES string of the molecule is CCCNC1(c2nc(C(C)C)cs2)CCN2CCCC2C1. The summed E-state index contributed by atoms with van der Waals surface area (Å²) in [4.78, 5) is 7.71. The van der Waals surface area contributed by atoms with E-state index in [9.17, 15) is 0 Å². The molecule has 2 aliphatic rings. The van der Waals surface area contributed by atoms with Crippen LogP contribution >= 0.6 is 11.3 Å². The summed E-state index contributed by atoms with van der Waals surface area (Å²) in [5.41, 5.74) is 1.40. The van der Waals surface area contributed by atoms with E-state index in [1.807, 2.05) is 11.3 Å². The van der Waals surface area contributed by atoms with Crippen LogP contribution in [-0.4, -0.2) is 35.6 Å². The summed E-state index contributed by atoms with van der Waals surface area (Å²) < 4.78 is 0. The molecule has 4 heteroatoms. The molecule has 118 valence electrons. The first-order chi connectivity index (χ1) is 10.1. The van der Waals surface area contributed by atoms with Gasteiger partial charge in [0, 0.05) is 18.0 Å². The lowest BCUT2D eigenvalue weighted by molar-refractivity contribution is 0.105. The summed E-state index contributed by atoms with van der Waals surface area (Å²) in [5, 5.41) is 7.50. The molecule has 2 atom stereocenters. The Bertz CT molecular complexity index is 470. The molecule has 0 radical (unpaired) electrons. The van der Waals surface area contributed by atoms with E-state index in [1.165, 1.54) is 55.9 Å². The molecule has 0 saturated carbocycles. The highest BCUT2D eigenvalue weighted by molar-refractivity contribution is 7.09. The average Bonchev–Trinajstić information content (AvgIpc) is 3.13. The monoisotopic (exact) mass is 307 g/mol. The predicted octanol–water partition coefficient (Wildman–Crippen LogP) is 3.72. The number of aromatic nitrogens is 1. The first kappa shape index (κ1) is 15.4. The van der Waals surface area contributed by atoms with Crippen LogP contribution in [0.1, 0.15) is 69.5 Å². The predicted molar refractivity (Wildman–Crippen MR) is 90.0 cm³/mol. The van der Waals surface area contributed by atoms with Crippen molar-refractivity contribution in [3.05, 3.63) is 16.1 Å². The molecule has 0 amide bonds. The van der Waals surface area contributed by atoms with E-state index in [-0.39, 0.29) is 5.54 Å². The van der Waals surface area contributed by atoms with Gasteiger partial charge in [0.25, 0.3) is 0 Å². The number of piperidine rings is 1. The van der Waals surface area contributed by atoms with E-state index in [1.54, 1.807) is 0 Å². The van der Waals surface area contributed by atoms with Gasteiger partial charge in [-0.15, -0.1) is 11.3 Å². The number of thiazole rings is 1. The highest BCUT2D eigenvalue weighted by Gasteiger charge is 2.44. The quantitative estimate of drug-likeness (QED) is 0.898. The van der Waals surface area contributed by atoms with E-state index in [2.05, 4.69) is 36.4 Å². The Hall–Kier alpha value is -0.450. The van der Waals surface area contributed by atoms with Gasteiger partial charge in [0.05, 0.1) is 11.2 Å². The molecule has 3 rings (SSSR count). The molecule has 1 N–H and O–H groups in total. The standard InChI is InChI=1S/C17H29N3S/c1-4-8-18-17(16-19-15(12-21-16)13(2)3)7-10-20-9-5-6-14(20)11-17/h12-14,18H,4-11H2,1-3H3. The van der Waals surface area contributed by atoms with Crippen LogP contribution in [0.5, 0.6) is 0 Å². The van der Waals surface area contributed by atoms with E-state index in [4.69, 9.17) is 4.98 Å². The van der Waals surface area contributed by atoms with Gasteiger partial charge in [-0.3, -0.25) is 0 Å². The van der Waals surface area contributed by atoms with Crippen LogP contribution in [0.4, 0.5) is 0 Å². The van der Waals surface area contributed by atoms with Crippen LogP contribution in [0, 0.1) is 0 Å². The molecule has 2 aliphatic heterocycles. The van der Waals surface area contributed by atoms with E-state index in [0.29, 0.717) is 5.92 Å². The summed E-state index contributed by atoms with van der Waals surface area (Å²) in [6, 6.07) is 0.773. The molecule has 2 fully saturated rings. The Kier molecular flexibility index (Phi) is 4.67. The van der Waals surface area contributed by atoms with Crippen molar-refractivity contribution in [2.45, 2.75) is 70.4 Å². The van der Waals surface area contributed by atoms with Crippen LogP contribution in [0.25, 0.3) is 0 Å². The average molecular weight is 308 g/mol. The van der Waals surface area contributed by atoms with Gasteiger partial charge in [0.1, 0.15) is 5.01 Å². The number of rotatable bonds is 5. The second-order valence-corrected chi connectivity index (χ2v) is 7.89. The Balaban J connectivity index is 1.85. The lowest BCUT2D eigenvalue weighted by atomic mass is 9.83. The van der Waals surface area contributed by atoms with E-state index < -0.39 is 0 Å². The molecule has 1 aromatic rings. The number of hydrogen-bond acceptors (Lipinski definition) is 4. The first-order valence-electron chi connectivity index (χ1n) is 8.59. The minimum absolute atomic E-state index is 0.138. The normalized spacial score (nSPS) is 30.0. The van der Waals surface area contributed by atoms with Crippen LogP contribution in [0.2, 0.25) is 0 Å². The second-order valence-electron chi connectivity index (χ2n) is 7.03. The molecule has 2 unspecified atom stereocenters. The Morgan fingerprint density at radius 1 is 1.48 bits per heavy atom. The summed E-state index contributed by atoms with van der Waals surface area (Å²) >= 11 is 1.88. The minimum Gasteiger partial charge on any atom is -0.305 e. The van der Waals surface area contributed by atoms with Gasteiger partial charge < -0.3 is 10.2 Å². The van der Waals surface area contributed by atoms with Crippen LogP contribution in [0.15, 0.2) is 5.38 Å². The third kappa shape index (κ3) is 3.03. The van der Waals surface area contributed by atoms with Gasteiger partial charge in [-0.05, 0) is 51.1 Å². The van der Waals surface area contributed by atoms with Crippen molar-refractivity contribution in [2.75, 3.05) is 19.6 Å². The summed E-state index contributed by atoms with van der Waals surface area (Å²) in [5.74, 6) is 0.532. The van der Waals surface area contributed by atoms with Crippen LogP contribution in [0.3, 0.4) is 0 Å². The van der Waals surface area contributed by atoms with E-state index in [0.717, 1.165) is 12.6 Å². The largest absolute Gasteiger partial charge is 0.305 e. The molecule has 0 bridgehead atoms. The molecule has 2 saturated heterocycles. The molecule has 0 spiro atoms. The number of hydrogen-bond donors (Lipinski definition) is 1. The molecule has 1 aromatic heterocycles. The van der Waals surface area contributed by atoms with Crippen molar-refractivity contribution in [3.8, 4) is 0 Å². The maximum Gasteiger partial charge on any atom is 0.113 e. The summed E-state index contributed by atoms with van der Waals surface area (Å²) in [7, 11) is 0. The third-order valence-corrected chi connectivity index (χ3v) is 6.21. The molecule has 21 heavy (non-hydrogen) atoms. The zero-order valence-electron chi connectivity index (χ0n) is 13.7. The summed E-state index contributed by atoms with van der Waals surface area (Å²) in [6.07, 6.45) is 6.41. The van der Waals surface area contributed by atoms with Gasteiger partial charge in [-0.1, -0.05) is 20.8 Å². The smallest absolute Gasteiger partial charge is 0.113 e. The zero-order chi connectivity index (χ0) is 14.9. The van der Waals surface area contributed by atoms with Crippen LogP contribution < -0.4 is 5.32 Å². The van der Waals surface area contributed by atoms with Gasteiger partial charge in [0.2, 0.25) is 0 Å². The first-order valence-corrected chi connectivity index (χ1v) is 9.47. The molecule has 0 aliphatic carbocycles. The molecular formula is C17H29N3S. The van der Waals surface area contributed by atoms with Crippen LogP contribution in [-0.2, 0) is 5.54 Å². The number of nitrogens with one attached hydrogen (secondary N) is 1. The fourth-order valence-corrected chi connectivity index (χ4v) is 5.02. The second kappa shape index (κ2) is 6.35. The fraction of sp³-hybridized carbons (Fsp3) is 0.824. The molecule has 3 heterocycles. The zero-order valence-corrected chi connectivity index (χ0v) is 14.5. The van der Waals surface area contributed by atoms with Crippen molar-refractivity contribution in [1.29, 1.82) is 0 Å². The fourth-order valence-electron chi connectivity index (χ4n) is 3.83. The van der Waals surface area contributed by atoms with Crippen molar-refractivity contribution < 1.29 is 0 Å². The molecular weight excluding hydrogens is 278 g/mol. The van der Waals surface area contributed by atoms with E-state index >= 15 is 0 Å². The Morgan fingerprint density at radius 2 is 2.33 bits per heavy atom. The van der Waals surface area contributed by atoms with Crippen molar-refractivity contribution in [2.24, 2.45) is 0 Å². The minimum atomic E-state index is 0.138. The van der Waals surface area contributed by atoms with Gasteiger partial charge >= 0.3 is 0 Å². The van der Waals surface area contributed by atoms with Gasteiger partial charge in [0.15, 0.2) is 0 Å². The molecule has 0 aromatic carbocycles. The highest BCUT2D eigenvalue weighted by Crippen LogP contribution is 2.41. The number of nitrogens with zero attached hydrogens (tertiary/aromatic N) is 2. The topological polar surface area (TPSA) is 28.2 Å². The van der Waals surface area contributed by atoms with Crippen molar-refractivity contribution in [3.63, 3.8) is 0 Å². The molecule has 3 nitrogen and oxygen atoms in total. The Labute approximate surface area is 133 Å². The third-order valence-electron chi connectivity index (χ3n) is 5.15. The summed E-state index contributed by atoms with van der Waals surface area (Å²) in [6.45, 7) is 10.4. The van der Waals surface area contributed by atoms with Crippen molar-refractivity contribution in [1.82, 2.24) is 15.2 Å².